The third-order valence-electron chi connectivity index (χ3n) is 8.03. The van der Waals surface area contributed by atoms with Gasteiger partial charge in [0.15, 0.2) is 0 Å². The maximum absolute atomic E-state index is 14.4. The number of methoxy groups -OCH3 is 1. The fourth-order valence-corrected chi connectivity index (χ4v) is 5.71. The predicted molar refractivity (Wildman–Crippen MR) is 142 cm³/mol. The molecule has 0 spiro atoms. The van der Waals surface area contributed by atoms with Crippen LogP contribution in [0.15, 0.2) is 30.6 Å². The molecule has 40 heavy (non-hydrogen) atoms. The Labute approximate surface area is 234 Å². The van der Waals surface area contributed by atoms with Crippen molar-refractivity contribution in [1.29, 1.82) is 0 Å². The third-order valence-corrected chi connectivity index (χ3v) is 8.30. The van der Waals surface area contributed by atoms with Crippen LogP contribution >= 0.6 is 11.6 Å². The molecule has 0 radical (unpaired) electrons. The molecule has 212 valence electrons. The number of pyridine rings is 2. The van der Waals surface area contributed by atoms with Crippen LogP contribution in [-0.2, 0) is 15.0 Å². The summed E-state index contributed by atoms with van der Waals surface area (Å²) in [4.78, 5) is 10.8. The highest BCUT2D eigenvalue weighted by atomic mass is 35.5. The van der Waals surface area contributed by atoms with Crippen LogP contribution in [0.1, 0.15) is 37.3 Å². The summed E-state index contributed by atoms with van der Waals surface area (Å²) in [6.45, 7) is 7.74. The van der Waals surface area contributed by atoms with Crippen molar-refractivity contribution in [2.24, 2.45) is 0 Å². The van der Waals surface area contributed by atoms with Crippen molar-refractivity contribution in [3.8, 4) is 17.1 Å². The SMILES string of the molecule is COC(COc1cc(-c2nnn(C3(C)CCN(C4COC4)CC3)c2C)cc2ncc(Cl)n12)c1ncc(F)cc1F. The van der Waals surface area contributed by atoms with Crippen LogP contribution in [0.2, 0.25) is 5.15 Å². The number of rotatable bonds is 8. The number of aromatic nitrogens is 6. The number of hydrogen-bond acceptors (Lipinski definition) is 8. The molecule has 1 atom stereocenters. The Morgan fingerprint density at radius 2 is 1.93 bits per heavy atom. The van der Waals surface area contributed by atoms with E-state index in [2.05, 4.69) is 32.1 Å². The zero-order valence-electron chi connectivity index (χ0n) is 22.5. The lowest BCUT2D eigenvalue weighted by Gasteiger charge is -2.45. The van der Waals surface area contributed by atoms with Crippen molar-refractivity contribution in [1.82, 2.24) is 34.3 Å². The first-order valence-corrected chi connectivity index (χ1v) is 13.5. The normalized spacial score (nSPS) is 18.6. The molecule has 0 aromatic carbocycles. The maximum atomic E-state index is 14.4. The van der Waals surface area contributed by atoms with Crippen molar-refractivity contribution in [2.45, 2.75) is 44.4 Å². The molecule has 0 N–H and O–H groups in total. The smallest absolute Gasteiger partial charge is 0.201 e. The molecule has 2 aliphatic rings. The molecule has 13 heteroatoms. The second-order valence-electron chi connectivity index (χ2n) is 10.6. The molecule has 6 heterocycles. The molecule has 4 aromatic heterocycles. The summed E-state index contributed by atoms with van der Waals surface area (Å²) in [5, 5.41) is 9.48. The van der Waals surface area contributed by atoms with Gasteiger partial charge in [-0.3, -0.25) is 14.3 Å². The number of ether oxygens (including phenoxy) is 3. The quantitative estimate of drug-likeness (QED) is 0.310. The topological polar surface area (TPSA) is 91.8 Å². The largest absolute Gasteiger partial charge is 0.475 e. The summed E-state index contributed by atoms with van der Waals surface area (Å²) in [5.74, 6) is -1.23. The van der Waals surface area contributed by atoms with E-state index in [0.717, 1.165) is 62.7 Å². The highest BCUT2D eigenvalue weighted by molar-refractivity contribution is 6.29. The average Bonchev–Trinajstić information content (AvgIpc) is 3.48. The van der Waals surface area contributed by atoms with Crippen LogP contribution in [0.3, 0.4) is 0 Å². The average molecular weight is 574 g/mol. The first-order chi connectivity index (χ1) is 19.3. The molecule has 0 bridgehead atoms. The number of halogens is 3. The molecular formula is C27H30ClF2N7O3. The van der Waals surface area contributed by atoms with E-state index < -0.39 is 17.7 Å². The zero-order valence-corrected chi connectivity index (χ0v) is 23.2. The molecule has 0 saturated carbocycles. The first kappa shape index (κ1) is 27.0. The van der Waals surface area contributed by atoms with Gasteiger partial charge >= 0.3 is 0 Å². The van der Waals surface area contributed by atoms with Gasteiger partial charge in [0.2, 0.25) is 5.88 Å². The number of fused-ring (bicyclic) bond motifs is 1. The van der Waals surface area contributed by atoms with E-state index in [4.69, 9.17) is 25.8 Å². The van der Waals surface area contributed by atoms with Crippen LogP contribution < -0.4 is 4.74 Å². The van der Waals surface area contributed by atoms with Crippen LogP contribution in [0.5, 0.6) is 5.88 Å². The van der Waals surface area contributed by atoms with E-state index in [1.807, 2.05) is 17.7 Å². The second-order valence-corrected chi connectivity index (χ2v) is 11.0. The Morgan fingerprint density at radius 3 is 2.60 bits per heavy atom. The van der Waals surface area contributed by atoms with Gasteiger partial charge in [0.1, 0.15) is 46.5 Å². The molecule has 2 aliphatic heterocycles. The lowest BCUT2D eigenvalue weighted by atomic mass is 9.88. The van der Waals surface area contributed by atoms with Crippen molar-refractivity contribution in [3.05, 3.63) is 58.8 Å². The highest BCUT2D eigenvalue weighted by Crippen LogP contribution is 2.36. The lowest BCUT2D eigenvalue weighted by Crippen LogP contribution is -2.55. The Morgan fingerprint density at radius 1 is 1.15 bits per heavy atom. The summed E-state index contributed by atoms with van der Waals surface area (Å²) < 4.78 is 48.3. The number of hydrogen-bond donors (Lipinski definition) is 0. The number of likely N-dealkylation sites (tertiary alicyclic amines) is 1. The summed E-state index contributed by atoms with van der Waals surface area (Å²) in [6, 6.07) is 4.95. The summed E-state index contributed by atoms with van der Waals surface area (Å²) >= 11 is 6.42. The standard InChI is InChI=1S/C27H30ClF2N7O3/c1-16-25(33-34-37(16)27(2)4-6-35(7-5-27)19-13-39-14-19)17-8-23-31-12-22(28)36(23)24(9-17)40-15-21(38-3)26-20(30)10-18(29)11-32-26/h8-12,19,21H,4-7,13-15H2,1-3H3. The minimum absolute atomic E-state index is 0.0593. The van der Waals surface area contributed by atoms with Gasteiger partial charge in [0.25, 0.3) is 0 Å². The first-order valence-electron chi connectivity index (χ1n) is 13.2. The van der Waals surface area contributed by atoms with E-state index in [0.29, 0.717) is 28.4 Å². The predicted octanol–water partition coefficient (Wildman–Crippen LogP) is 4.20. The molecule has 2 fully saturated rings. The third kappa shape index (κ3) is 4.83. The minimum atomic E-state index is -0.887. The van der Waals surface area contributed by atoms with E-state index in [-0.39, 0.29) is 17.8 Å². The molecule has 10 nitrogen and oxygen atoms in total. The van der Waals surface area contributed by atoms with Crippen LogP contribution in [-0.4, -0.2) is 80.3 Å². The molecule has 6 rings (SSSR count). The van der Waals surface area contributed by atoms with Crippen molar-refractivity contribution >= 4 is 17.2 Å². The Balaban J connectivity index is 1.28. The zero-order chi connectivity index (χ0) is 28.0. The van der Waals surface area contributed by atoms with Gasteiger partial charge in [-0.15, -0.1) is 5.10 Å². The van der Waals surface area contributed by atoms with Gasteiger partial charge < -0.3 is 14.2 Å². The Bertz CT molecular complexity index is 1530. The van der Waals surface area contributed by atoms with E-state index in [9.17, 15) is 8.78 Å². The summed E-state index contributed by atoms with van der Waals surface area (Å²) in [6.07, 6.45) is 3.50. The fraction of sp³-hybridized carbons (Fsp3) is 0.481. The molecular weight excluding hydrogens is 544 g/mol. The van der Waals surface area contributed by atoms with Crippen molar-refractivity contribution in [2.75, 3.05) is 40.0 Å². The monoisotopic (exact) mass is 573 g/mol. The van der Waals surface area contributed by atoms with Crippen LogP contribution in [0.25, 0.3) is 16.9 Å². The van der Waals surface area contributed by atoms with Gasteiger partial charge in [0.05, 0.1) is 42.9 Å². The van der Waals surface area contributed by atoms with Crippen molar-refractivity contribution < 1.29 is 23.0 Å². The highest BCUT2D eigenvalue weighted by Gasteiger charge is 2.38. The van der Waals surface area contributed by atoms with Crippen molar-refractivity contribution in [3.63, 3.8) is 0 Å². The number of nitrogens with zero attached hydrogens (tertiary/aromatic N) is 7. The van der Waals surface area contributed by atoms with E-state index in [1.54, 1.807) is 10.5 Å². The Hall–Kier alpha value is -3.19. The molecule has 1 unspecified atom stereocenters. The maximum Gasteiger partial charge on any atom is 0.201 e. The Kier molecular flexibility index (Phi) is 7.19. The summed E-state index contributed by atoms with van der Waals surface area (Å²) in [5.41, 5.74) is 2.72. The fourth-order valence-electron chi connectivity index (χ4n) is 5.49. The lowest BCUT2D eigenvalue weighted by molar-refractivity contribution is -0.0797. The minimum Gasteiger partial charge on any atom is -0.475 e. The van der Waals surface area contributed by atoms with Crippen LogP contribution in [0.4, 0.5) is 8.78 Å². The van der Waals surface area contributed by atoms with E-state index >= 15 is 0 Å². The number of imidazole rings is 1. The molecule has 4 aromatic rings. The van der Waals surface area contributed by atoms with Gasteiger partial charge in [-0.2, -0.15) is 0 Å². The van der Waals surface area contributed by atoms with Gasteiger partial charge in [-0.25, -0.2) is 18.4 Å². The van der Waals surface area contributed by atoms with Gasteiger partial charge in [-0.05, 0) is 32.8 Å². The molecule has 0 aliphatic carbocycles. The molecule has 0 amide bonds. The second kappa shape index (κ2) is 10.7. The van der Waals surface area contributed by atoms with E-state index in [1.165, 1.54) is 13.3 Å². The van der Waals surface area contributed by atoms with Gasteiger partial charge in [-0.1, -0.05) is 16.8 Å². The molecule has 2 saturated heterocycles. The van der Waals surface area contributed by atoms with Crippen LogP contribution in [0, 0.1) is 18.6 Å². The summed E-state index contributed by atoms with van der Waals surface area (Å²) in [7, 11) is 1.40. The van der Waals surface area contributed by atoms with Gasteiger partial charge in [0, 0.05) is 37.9 Å². The number of piperidine rings is 1.